The Hall–Kier alpha value is -1.78. The van der Waals surface area contributed by atoms with Crippen molar-refractivity contribution in [2.24, 2.45) is 5.84 Å². The minimum Gasteiger partial charge on any atom is -0.493 e. The Bertz CT molecular complexity index is 577. The first kappa shape index (κ1) is 12.3. The highest BCUT2D eigenvalue weighted by Gasteiger charge is 2.24. The molecule has 1 atom stereocenters. The second-order valence-corrected chi connectivity index (χ2v) is 4.86. The topological polar surface area (TPSA) is 60.4 Å². The number of benzene rings is 1. The number of aryl methyl sites for hydroxylation is 2. The molecule has 3 N–H and O–H groups in total. The minimum atomic E-state index is -0.178. The van der Waals surface area contributed by atoms with Gasteiger partial charge < -0.3 is 9.15 Å². The number of hydrogen-bond acceptors (Lipinski definition) is 4. The van der Waals surface area contributed by atoms with E-state index in [4.69, 9.17) is 15.0 Å². The maximum absolute atomic E-state index is 5.84. The van der Waals surface area contributed by atoms with E-state index >= 15 is 0 Å². The van der Waals surface area contributed by atoms with Crippen molar-refractivity contribution in [1.29, 1.82) is 0 Å². The average Bonchev–Trinajstić information content (AvgIpc) is 2.86. The summed E-state index contributed by atoms with van der Waals surface area (Å²) < 4.78 is 11.4. The maximum Gasteiger partial charge on any atom is 0.129 e. The van der Waals surface area contributed by atoms with Crippen molar-refractivity contribution < 1.29 is 9.15 Å². The van der Waals surface area contributed by atoms with Crippen LogP contribution in [0, 0.1) is 6.92 Å². The van der Waals surface area contributed by atoms with Gasteiger partial charge in [-0.25, -0.2) is 5.43 Å². The zero-order chi connectivity index (χ0) is 13.2. The van der Waals surface area contributed by atoms with Crippen LogP contribution in [0.25, 0.3) is 0 Å². The highest BCUT2D eigenvalue weighted by atomic mass is 16.5. The van der Waals surface area contributed by atoms with Crippen molar-refractivity contribution in [3.8, 4) is 5.75 Å². The zero-order valence-corrected chi connectivity index (χ0v) is 11.0. The fourth-order valence-electron chi connectivity index (χ4n) is 2.63. The van der Waals surface area contributed by atoms with Crippen molar-refractivity contribution in [2.75, 3.05) is 6.61 Å². The Kier molecular flexibility index (Phi) is 3.27. The molecule has 0 fully saturated rings. The summed E-state index contributed by atoms with van der Waals surface area (Å²) >= 11 is 0. The molecule has 0 spiro atoms. The number of ether oxygens (including phenoxy) is 1. The molecule has 1 unspecified atom stereocenters. The normalized spacial score (nSPS) is 15.7. The van der Waals surface area contributed by atoms with Crippen LogP contribution in [0.3, 0.4) is 0 Å². The molecule has 1 aromatic carbocycles. The lowest BCUT2D eigenvalue weighted by Gasteiger charge is -2.24. The summed E-state index contributed by atoms with van der Waals surface area (Å²) in [4.78, 5) is 0. The van der Waals surface area contributed by atoms with Gasteiger partial charge in [-0.05, 0) is 37.0 Å². The van der Waals surface area contributed by atoms with E-state index in [-0.39, 0.29) is 6.04 Å². The molecule has 2 heterocycles. The average molecular weight is 258 g/mol. The molecule has 1 aromatic heterocycles. The second kappa shape index (κ2) is 5.07. The van der Waals surface area contributed by atoms with Crippen LogP contribution in [-0.4, -0.2) is 6.61 Å². The van der Waals surface area contributed by atoms with Crippen LogP contribution in [0.4, 0.5) is 0 Å². The number of rotatable bonds is 3. The lowest BCUT2D eigenvalue weighted by Crippen LogP contribution is -2.30. The van der Waals surface area contributed by atoms with Gasteiger partial charge >= 0.3 is 0 Å². The first-order valence-electron chi connectivity index (χ1n) is 6.56. The summed E-state index contributed by atoms with van der Waals surface area (Å²) in [5.41, 5.74) is 6.20. The van der Waals surface area contributed by atoms with Gasteiger partial charge in [-0.15, -0.1) is 0 Å². The predicted octanol–water partition coefficient (Wildman–Crippen LogP) is 2.47. The van der Waals surface area contributed by atoms with Crippen molar-refractivity contribution in [2.45, 2.75) is 25.8 Å². The minimum absolute atomic E-state index is 0.178. The van der Waals surface area contributed by atoms with Crippen molar-refractivity contribution >= 4 is 0 Å². The first-order chi connectivity index (χ1) is 9.31. The van der Waals surface area contributed by atoms with Crippen LogP contribution < -0.4 is 16.0 Å². The smallest absolute Gasteiger partial charge is 0.129 e. The number of nitrogens with one attached hydrogen (secondary N) is 1. The molecule has 100 valence electrons. The molecule has 19 heavy (non-hydrogen) atoms. The summed E-state index contributed by atoms with van der Waals surface area (Å²) in [6.07, 6.45) is 3.81. The van der Waals surface area contributed by atoms with Crippen LogP contribution in [0.5, 0.6) is 5.75 Å². The number of nitrogens with two attached hydrogens (primary N) is 1. The molecule has 2 aromatic rings. The van der Waals surface area contributed by atoms with Crippen molar-refractivity contribution in [3.05, 3.63) is 53.0 Å². The summed E-state index contributed by atoms with van der Waals surface area (Å²) in [6.45, 7) is 2.78. The van der Waals surface area contributed by atoms with Crippen LogP contribution in [0.15, 0.2) is 34.9 Å². The number of hydrazine groups is 1. The van der Waals surface area contributed by atoms with E-state index in [1.54, 1.807) is 6.26 Å². The van der Waals surface area contributed by atoms with E-state index in [9.17, 15) is 0 Å². The summed E-state index contributed by atoms with van der Waals surface area (Å²) in [5.74, 6) is 7.52. The fourth-order valence-corrected chi connectivity index (χ4v) is 2.63. The third-order valence-electron chi connectivity index (χ3n) is 3.61. The van der Waals surface area contributed by atoms with E-state index in [0.29, 0.717) is 0 Å². The summed E-state index contributed by atoms with van der Waals surface area (Å²) in [6, 6.07) is 7.96. The van der Waals surface area contributed by atoms with Gasteiger partial charge in [-0.1, -0.05) is 18.2 Å². The van der Waals surface area contributed by atoms with Gasteiger partial charge in [-0.2, -0.15) is 0 Å². The van der Waals surface area contributed by atoms with Crippen LogP contribution in [0.2, 0.25) is 0 Å². The Morgan fingerprint density at radius 2 is 2.21 bits per heavy atom. The molecule has 3 rings (SSSR count). The van der Waals surface area contributed by atoms with Gasteiger partial charge in [-0.3, -0.25) is 5.84 Å². The largest absolute Gasteiger partial charge is 0.493 e. The zero-order valence-electron chi connectivity index (χ0n) is 11.0. The van der Waals surface area contributed by atoms with E-state index in [1.807, 2.05) is 25.1 Å². The molecule has 1 aliphatic rings. The summed E-state index contributed by atoms with van der Waals surface area (Å²) in [7, 11) is 0. The highest BCUT2D eigenvalue weighted by molar-refractivity contribution is 5.47. The Morgan fingerprint density at radius 3 is 2.95 bits per heavy atom. The number of hydrogen-bond donors (Lipinski definition) is 2. The molecular weight excluding hydrogens is 240 g/mol. The monoisotopic (exact) mass is 258 g/mol. The Morgan fingerprint density at radius 1 is 1.32 bits per heavy atom. The Balaban J connectivity index is 2.07. The fraction of sp³-hybridized carbons (Fsp3) is 0.333. The first-order valence-corrected chi connectivity index (χ1v) is 6.56. The molecule has 0 radical (unpaired) electrons. The molecule has 0 bridgehead atoms. The maximum atomic E-state index is 5.84. The van der Waals surface area contributed by atoms with Crippen molar-refractivity contribution in [3.63, 3.8) is 0 Å². The van der Waals surface area contributed by atoms with Gasteiger partial charge in [0.2, 0.25) is 0 Å². The van der Waals surface area contributed by atoms with E-state index in [0.717, 1.165) is 42.1 Å². The van der Waals surface area contributed by atoms with Crippen LogP contribution in [0.1, 0.15) is 34.9 Å². The summed E-state index contributed by atoms with van der Waals surface area (Å²) in [5, 5.41) is 0. The lowest BCUT2D eigenvalue weighted by atomic mass is 9.96. The molecule has 0 amide bonds. The third kappa shape index (κ3) is 2.13. The second-order valence-electron chi connectivity index (χ2n) is 4.86. The molecule has 1 aliphatic heterocycles. The molecule has 0 saturated heterocycles. The molecular formula is C15H18N2O2. The third-order valence-corrected chi connectivity index (χ3v) is 3.61. The number of fused-ring (bicyclic) bond motifs is 1. The molecule has 0 aliphatic carbocycles. The van der Waals surface area contributed by atoms with E-state index < -0.39 is 0 Å². The van der Waals surface area contributed by atoms with E-state index in [1.165, 1.54) is 5.56 Å². The number of furan rings is 1. The molecule has 4 nitrogen and oxygen atoms in total. The molecule has 0 saturated carbocycles. The SMILES string of the molecule is Cc1ccoc1C(NN)c1cccc2c1OCCC2. The van der Waals surface area contributed by atoms with Gasteiger partial charge in [0.05, 0.1) is 12.9 Å². The highest BCUT2D eigenvalue weighted by Crippen LogP contribution is 2.36. The van der Waals surface area contributed by atoms with Gasteiger partial charge in [0.15, 0.2) is 0 Å². The molecule has 4 heteroatoms. The lowest BCUT2D eigenvalue weighted by molar-refractivity contribution is 0.281. The van der Waals surface area contributed by atoms with Gasteiger partial charge in [0, 0.05) is 5.56 Å². The van der Waals surface area contributed by atoms with Gasteiger partial charge in [0.1, 0.15) is 17.6 Å². The Labute approximate surface area is 112 Å². The van der Waals surface area contributed by atoms with Crippen molar-refractivity contribution in [1.82, 2.24) is 5.43 Å². The van der Waals surface area contributed by atoms with Crippen LogP contribution >= 0.6 is 0 Å². The predicted molar refractivity (Wildman–Crippen MR) is 72.9 cm³/mol. The van der Waals surface area contributed by atoms with Crippen LogP contribution in [-0.2, 0) is 6.42 Å². The van der Waals surface area contributed by atoms with Gasteiger partial charge in [0.25, 0.3) is 0 Å². The number of para-hydroxylation sites is 1. The van der Waals surface area contributed by atoms with E-state index in [2.05, 4.69) is 11.5 Å². The quantitative estimate of drug-likeness (QED) is 0.656. The standard InChI is InChI=1S/C15H18N2O2/c1-10-7-9-19-14(10)13(17-16)12-6-2-4-11-5-3-8-18-15(11)12/h2,4,6-7,9,13,17H,3,5,8,16H2,1H3.